The average molecular weight is 251 g/mol. The molecule has 0 spiro atoms. The van der Waals surface area contributed by atoms with Crippen LogP contribution in [0.5, 0.6) is 0 Å². The van der Waals surface area contributed by atoms with Gasteiger partial charge in [-0.15, -0.1) is 0 Å². The molecule has 0 amide bonds. The summed E-state index contributed by atoms with van der Waals surface area (Å²) in [5.74, 6) is 1.92. The van der Waals surface area contributed by atoms with Crippen LogP contribution in [0.1, 0.15) is 31.4 Å². The lowest BCUT2D eigenvalue weighted by Gasteiger charge is -2.10. The molecule has 0 atom stereocenters. The number of benzene rings is 1. The monoisotopic (exact) mass is 250 g/mol. The average Bonchev–Trinajstić information content (AvgIpc) is 2.60. The van der Waals surface area contributed by atoms with Gasteiger partial charge in [0.05, 0.1) is 10.7 Å². The van der Waals surface area contributed by atoms with Crippen molar-refractivity contribution in [1.82, 2.24) is 14.8 Å². The number of rotatable bonds is 2. The fraction of sp³-hybridized carbons (Fsp3) is 0.333. The smallest absolute Gasteiger partial charge is 0.148 e. The third-order valence-electron chi connectivity index (χ3n) is 2.45. The summed E-state index contributed by atoms with van der Waals surface area (Å²) in [6.07, 6.45) is 0. The molecular weight excluding hydrogens is 236 g/mol. The van der Waals surface area contributed by atoms with Crippen LogP contribution in [0.15, 0.2) is 18.2 Å². The summed E-state index contributed by atoms with van der Waals surface area (Å²) in [5, 5.41) is 4.95. The van der Waals surface area contributed by atoms with E-state index in [1.165, 1.54) is 0 Å². The molecule has 0 unspecified atom stereocenters. The summed E-state index contributed by atoms with van der Waals surface area (Å²) in [7, 11) is 0. The van der Waals surface area contributed by atoms with E-state index >= 15 is 0 Å². The molecule has 0 bridgehead atoms. The van der Waals surface area contributed by atoms with E-state index in [9.17, 15) is 0 Å². The van der Waals surface area contributed by atoms with Crippen LogP contribution in [0, 0.1) is 6.92 Å². The van der Waals surface area contributed by atoms with Crippen molar-refractivity contribution in [3.63, 3.8) is 0 Å². The molecule has 0 radical (unpaired) electrons. The van der Waals surface area contributed by atoms with Crippen molar-refractivity contribution in [1.29, 1.82) is 0 Å². The van der Waals surface area contributed by atoms with Gasteiger partial charge in [-0.2, -0.15) is 5.10 Å². The number of nitrogen functional groups attached to an aromatic ring is 1. The highest BCUT2D eigenvalue weighted by Crippen LogP contribution is 2.25. The normalized spacial score (nSPS) is 11.1. The van der Waals surface area contributed by atoms with Gasteiger partial charge in [0.15, 0.2) is 0 Å². The molecular formula is C12H15ClN4. The number of nitrogens with two attached hydrogens (primary N) is 1. The molecule has 0 saturated carbocycles. The first kappa shape index (κ1) is 11.9. The van der Waals surface area contributed by atoms with Gasteiger partial charge in [-0.1, -0.05) is 25.4 Å². The van der Waals surface area contributed by atoms with Gasteiger partial charge in [0.1, 0.15) is 11.6 Å². The summed E-state index contributed by atoms with van der Waals surface area (Å²) >= 11 is 6.18. The van der Waals surface area contributed by atoms with E-state index in [1.807, 2.05) is 19.1 Å². The fourth-order valence-electron chi connectivity index (χ4n) is 1.68. The number of aromatic nitrogens is 3. The van der Waals surface area contributed by atoms with Gasteiger partial charge in [0, 0.05) is 11.6 Å². The maximum Gasteiger partial charge on any atom is 0.148 e. The molecule has 1 heterocycles. The first-order valence-corrected chi connectivity index (χ1v) is 5.86. The quantitative estimate of drug-likeness (QED) is 0.834. The second kappa shape index (κ2) is 4.37. The number of hydrogen-bond acceptors (Lipinski definition) is 3. The van der Waals surface area contributed by atoms with Crippen LogP contribution in [-0.2, 0) is 0 Å². The molecule has 2 rings (SSSR count). The molecule has 1 aromatic carbocycles. The van der Waals surface area contributed by atoms with E-state index in [4.69, 9.17) is 17.3 Å². The minimum atomic E-state index is 0.282. The third kappa shape index (κ3) is 2.26. The minimum absolute atomic E-state index is 0.282. The summed E-state index contributed by atoms with van der Waals surface area (Å²) in [5.41, 5.74) is 7.13. The lowest BCUT2D eigenvalue weighted by atomic mass is 10.2. The van der Waals surface area contributed by atoms with Gasteiger partial charge >= 0.3 is 0 Å². The predicted molar refractivity (Wildman–Crippen MR) is 69.6 cm³/mol. The number of hydrogen-bond donors (Lipinski definition) is 1. The summed E-state index contributed by atoms with van der Waals surface area (Å²) in [4.78, 5) is 4.41. The molecule has 0 fully saturated rings. The van der Waals surface area contributed by atoms with Crippen LogP contribution in [0.3, 0.4) is 0 Å². The maximum atomic E-state index is 6.18. The van der Waals surface area contributed by atoms with Crippen molar-refractivity contribution in [2.45, 2.75) is 26.7 Å². The van der Waals surface area contributed by atoms with Gasteiger partial charge in [-0.25, -0.2) is 9.67 Å². The molecule has 1 aromatic heterocycles. The first-order chi connectivity index (χ1) is 7.99. The predicted octanol–water partition coefficient (Wildman–Crippen LogP) is 2.93. The molecule has 17 heavy (non-hydrogen) atoms. The molecule has 0 aliphatic heterocycles. The highest BCUT2D eigenvalue weighted by Gasteiger charge is 2.14. The Labute approximate surface area is 105 Å². The fourth-order valence-corrected chi connectivity index (χ4v) is 1.95. The zero-order valence-corrected chi connectivity index (χ0v) is 10.9. The van der Waals surface area contributed by atoms with E-state index in [-0.39, 0.29) is 5.92 Å². The lowest BCUT2D eigenvalue weighted by molar-refractivity contribution is 0.714. The summed E-state index contributed by atoms with van der Waals surface area (Å²) in [6.45, 7) is 6.02. The molecule has 5 heteroatoms. The van der Waals surface area contributed by atoms with E-state index < -0.39 is 0 Å². The molecule has 90 valence electrons. The molecule has 0 aliphatic rings. The zero-order valence-electron chi connectivity index (χ0n) is 10.1. The van der Waals surface area contributed by atoms with Crippen LogP contribution in [0.4, 0.5) is 5.69 Å². The van der Waals surface area contributed by atoms with Gasteiger partial charge in [0.2, 0.25) is 0 Å². The lowest BCUT2D eigenvalue weighted by Crippen LogP contribution is -2.05. The standard InChI is InChI=1S/C12H15ClN4/c1-7(2)12-15-8(3)16-17(12)11-5-4-9(14)6-10(11)13/h4-7H,14H2,1-3H3. The Kier molecular flexibility index (Phi) is 3.07. The molecule has 0 aliphatic carbocycles. The highest BCUT2D eigenvalue weighted by atomic mass is 35.5. The Morgan fingerprint density at radius 2 is 2.06 bits per heavy atom. The largest absolute Gasteiger partial charge is 0.399 e. The second-order valence-electron chi connectivity index (χ2n) is 4.29. The van der Waals surface area contributed by atoms with E-state index in [2.05, 4.69) is 23.9 Å². The van der Waals surface area contributed by atoms with Crippen LogP contribution >= 0.6 is 11.6 Å². The number of halogens is 1. The molecule has 4 nitrogen and oxygen atoms in total. The van der Waals surface area contributed by atoms with Gasteiger partial charge in [0.25, 0.3) is 0 Å². The molecule has 2 N–H and O–H groups in total. The van der Waals surface area contributed by atoms with Gasteiger partial charge in [-0.05, 0) is 25.1 Å². The summed E-state index contributed by atoms with van der Waals surface area (Å²) < 4.78 is 1.78. The Balaban J connectivity index is 2.59. The third-order valence-corrected chi connectivity index (χ3v) is 2.76. The van der Waals surface area contributed by atoms with E-state index in [1.54, 1.807) is 10.7 Å². The number of nitrogens with zero attached hydrogens (tertiary/aromatic N) is 3. The maximum absolute atomic E-state index is 6.18. The van der Waals surface area contributed by atoms with Crippen molar-refractivity contribution in [2.75, 3.05) is 5.73 Å². The van der Waals surface area contributed by atoms with Crippen LogP contribution in [-0.4, -0.2) is 14.8 Å². The van der Waals surface area contributed by atoms with E-state index in [0.717, 1.165) is 17.3 Å². The van der Waals surface area contributed by atoms with Crippen molar-refractivity contribution >= 4 is 17.3 Å². The van der Waals surface area contributed by atoms with Gasteiger partial charge < -0.3 is 5.73 Å². The van der Waals surface area contributed by atoms with Crippen LogP contribution in [0.2, 0.25) is 5.02 Å². The van der Waals surface area contributed by atoms with Crippen molar-refractivity contribution in [3.8, 4) is 5.69 Å². The Hall–Kier alpha value is -1.55. The Morgan fingerprint density at radius 3 is 2.65 bits per heavy atom. The second-order valence-corrected chi connectivity index (χ2v) is 4.70. The molecule has 2 aromatic rings. The van der Waals surface area contributed by atoms with Crippen LogP contribution in [0.25, 0.3) is 5.69 Å². The number of anilines is 1. The van der Waals surface area contributed by atoms with Crippen LogP contribution < -0.4 is 5.73 Å². The van der Waals surface area contributed by atoms with Crippen molar-refractivity contribution in [3.05, 3.63) is 34.9 Å². The first-order valence-electron chi connectivity index (χ1n) is 5.48. The van der Waals surface area contributed by atoms with Gasteiger partial charge in [-0.3, -0.25) is 0 Å². The Morgan fingerprint density at radius 1 is 1.35 bits per heavy atom. The zero-order chi connectivity index (χ0) is 12.6. The SMILES string of the molecule is Cc1nc(C(C)C)n(-c2ccc(N)cc2Cl)n1. The van der Waals surface area contributed by atoms with E-state index in [0.29, 0.717) is 10.7 Å². The molecule has 0 saturated heterocycles. The Bertz CT molecular complexity index is 545. The minimum Gasteiger partial charge on any atom is -0.399 e. The van der Waals surface area contributed by atoms with Crippen molar-refractivity contribution in [2.24, 2.45) is 0 Å². The van der Waals surface area contributed by atoms with Crippen molar-refractivity contribution < 1.29 is 0 Å². The highest BCUT2D eigenvalue weighted by molar-refractivity contribution is 6.32. The number of aryl methyl sites for hydroxylation is 1. The topological polar surface area (TPSA) is 56.7 Å². The summed E-state index contributed by atoms with van der Waals surface area (Å²) in [6, 6.07) is 5.39.